The van der Waals surface area contributed by atoms with Crippen molar-refractivity contribution in [1.29, 1.82) is 0 Å². The highest BCUT2D eigenvalue weighted by molar-refractivity contribution is 6.08. The van der Waals surface area contributed by atoms with Gasteiger partial charge in [-0.3, -0.25) is 9.59 Å². The van der Waals surface area contributed by atoms with E-state index in [-0.39, 0.29) is 23.4 Å². The van der Waals surface area contributed by atoms with E-state index < -0.39 is 0 Å². The van der Waals surface area contributed by atoms with Crippen LogP contribution in [0.4, 0.5) is 0 Å². The minimum atomic E-state index is -0.0874. The number of carbonyl (C=O) groups is 2. The largest absolute Gasteiger partial charge is 0.300 e. The van der Waals surface area contributed by atoms with Gasteiger partial charge in [0.25, 0.3) is 0 Å². The first-order valence-corrected chi connectivity index (χ1v) is 5.85. The van der Waals surface area contributed by atoms with Crippen molar-refractivity contribution >= 4 is 11.6 Å². The van der Waals surface area contributed by atoms with Crippen molar-refractivity contribution < 1.29 is 9.59 Å². The van der Waals surface area contributed by atoms with E-state index in [1.807, 2.05) is 25.1 Å². The van der Waals surface area contributed by atoms with Gasteiger partial charge >= 0.3 is 0 Å². The van der Waals surface area contributed by atoms with Crippen molar-refractivity contribution in [2.45, 2.75) is 46.5 Å². The van der Waals surface area contributed by atoms with Gasteiger partial charge in [0.1, 0.15) is 5.78 Å². The van der Waals surface area contributed by atoms with Crippen molar-refractivity contribution in [2.24, 2.45) is 0 Å². The van der Waals surface area contributed by atoms with Crippen LogP contribution in [0.25, 0.3) is 0 Å². The quantitative estimate of drug-likeness (QED) is 0.591. The zero-order chi connectivity index (χ0) is 13.2. The molecule has 0 saturated carbocycles. The fourth-order valence-electron chi connectivity index (χ4n) is 1.71. The van der Waals surface area contributed by atoms with Crippen LogP contribution >= 0.6 is 0 Å². The number of hydrogen-bond donors (Lipinski definition) is 0. The molecule has 92 valence electrons. The zero-order valence-corrected chi connectivity index (χ0v) is 11.3. The minimum absolute atomic E-state index is 0.00552. The summed E-state index contributed by atoms with van der Waals surface area (Å²) in [4.78, 5) is 22.9. The SMILES string of the molecule is CC(=O)CC(=O)c1cc(C(C)(C)C)ccc1C. The lowest BCUT2D eigenvalue weighted by Crippen LogP contribution is -2.14. The third-order valence-corrected chi connectivity index (χ3v) is 2.81. The van der Waals surface area contributed by atoms with E-state index in [4.69, 9.17) is 0 Å². The highest BCUT2D eigenvalue weighted by Crippen LogP contribution is 2.25. The standard InChI is InChI=1S/C15H20O2/c1-10-6-7-12(15(3,4)5)9-13(10)14(17)8-11(2)16/h6-7,9H,8H2,1-5H3. The van der Waals surface area contributed by atoms with Crippen LogP contribution in [0.15, 0.2) is 18.2 Å². The Hall–Kier alpha value is -1.44. The predicted molar refractivity (Wildman–Crippen MR) is 69.5 cm³/mol. The molecule has 2 heteroatoms. The lowest BCUT2D eigenvalue weighted by Gasteiger charge is -2.20. The Bertz CT molecular complexity index is 450. The van der Waals surface area contributed by atoms with E-state index in [1.165, 1.54) is 6.92 Å². The summed E-state index contributed by atoms with van der Waals surface area (Å²) in [6, 6.07) is 5.91. The molecule has 17 heavy (non-hydrogen) atoms. The summed E-state index contributed by atoms with van der Waals surface area (Å²) in [5, 5.41) is 0. The number of hydrogen-bond acceptors (Lipinski definition) is 2. The van der Waals surface area contributed by atoms with Crippen LogP contribution in [0.5, 0.6) is 0 Å². The van der Waals surface area contributed by atoms with E-state index in [1.54, 1.807) is 0 Å². The molecule has 2 nitrogen and oxygen atoms in total. The van der Waals surface area contributed by atoms with Crippen molar-refractivity contribution in [3.63, 3.8) is 0 Å². The van der Waals surface area contributed by atoms with Crippen LogP contribution in [0.3, 0.4) is 0 Å². The molecule has 0 fully saturated rings. The molecule has 0 unspecified atom stereocenters. The third-order valence-electron chi connectivity index (χ3n) is 2.81. The molecule has 0 aromatic heterocycles. The summed E-state index contributed by atoms with van der Waals surface area (Å²) < 4.78 is 0. The Morgan fingerprint density at radius 3 is 2.24 bits per heavy atom. The molecule has 1 aromatic rings. The number of benzene rings is 1. The van der Waals surface area contributed by atoms with Crippen molar-refractivity contribution in [3.8, 4) is 0 Å². The van der Waals surface area contributed by atoms with E-state index in [0.717, 1.165) is 11.1 Å². The Kier molecular flexibility index (Phi) is 3.87. The zero-order valence-electron chi connectivity index (χ0n) is 11.3. The third kappa shape index (κ3) is 3.52. The van der Waals surface area contributed by atoms with Crippen LogP contribution in [0.2, 0.25) is 0 Å². The lowest BCUT2D eigenvalue weighted by atomic mass is 9.84. The minimum Gasteiger partial charge on any atom is -0.300 e. The van der Waals surface area contributed by atoms with Crippen LogP contribution in [0.1, 0.15) is 55.6 Å². The fraction of sp³-hybridized carbons (Fsp3) is 0.467. The molecule has 0 aliphatic carbocycles. The van der Waals surface area contributed by atoms with Gasteiger partial charge in [0.05, 0.1) is 6.42 Å². The second kappa shape index (κ2) is 4.82. The van der Waals surface area contributed by atoms with Crippen LogP contribution < -0.4 is 0 Å². The fourth-order valence-corrected chi connectivity index (χ4v) is 1.71. The summed E-state index contributed by atoms with van der Waals surface area (Å²) in [6.45, 7) is 9.67. The molecule has 0 bridgehead atoms. The van der Waals surface area contributed by atoms with Crippen LogP contribution in [-0.4, -0.2) is 11.6 Å². The molecule has 0 aliphatic rings. The molecule has 0 aliphatic heterocycles. The molecule has 0 amide bonds. The molecule has 0 N–H and O–H groups in total. The maximum Gasteiger partial charge on any atom is 0.170 e. The van der Waals surface area contributed by atoms with E-state index >= 15 is 0 Å². The summed E-state index contributed by atoms with van der Waals surface area (Å²) in [6.07, 6.45) is -0.00552. The van der Waals surface area contributed by atoms with Gasteiger partial charge < -0.3 is 0 Å². The van der Waals surface area contributed by atoms with Gasteiger partial charge in [-0.05, 0) is 36.5 Å². The lowest BCUT2D eigenvalue weighted by molar-refractivity contribution is -0.116. The molecule has 0 saturated heterocycles. The van der Waals surface area contributed by atoms with Crippen molar-refractivity contribution in [3.05, 3.63) is 34.9 Å². The smallest absolute Gasteiger partial charge is 0.170 e. The van der Waals surface area contributed by atoms with Crippen molar-refractivity contribution in [2.75, 3.05) is 0 Å². The molecular weight excluding hydrogens is 212 g/mol. The Morgan fingerprint density at radius 2 is 1.76 bits per heavy atom. The van der Waals surface area contributed by atoms with Gasteiger partial charge in [0.15, 0.2) is 5.78 Å². The Morgan fingerprint density at radius 1 is 1.18 bits per heavy atom. The summed E-state index contributed by atoms with van der Waals surface area (Å²) in [7, 11) is 0. The van der Waals surface area contributed by atoms with Gasteiger partial charge in [-0.2, -0.15) is 0 Å². The van der Waals surface area contributed by atoms with Crippen LogP contribution in [0, 0.1) is 6.92 Å². The molecule has 1 rings (SSSR count). The second-order valence-corrected chi connectivity index (χ2v) is 5.58. The molecule has 0 atom stereocenters. The van der Waals surface area contributed by atoms with Gasteiger partial charge in [0, 0.05) is 5.56 Å². The monoisotopic (exact) mass is 232 g/mol. The Balaban J connectivity index is 3.15. The number of rotatable bonds is 3. The number of aryl methyl sites for hydroxylation is 1. The average Bonchev–Trinajstić information content (AvgIpc) is 2.15. The summed E-state index contributed by atoms with van der Waals surface area (Å²) >= 11 is 0. The molecule has 0 heterocycles. The van der Waals surface area contributed by atoms with Gasteiger partial charge in [0.2, 0.25) is 0 Å². The van der Waals surface area contributed by atoms with E-state index in [9.17, 15) is 9.59 Å². The van der Waals surface area contributed by atoms with Crippen LogP contribution in [-0.2, 0) is 10.2 Å². The Labute approximate surface area is 103 Å². The maximum atomic E-state index is 11.9. The number of ketones is 2. The van der Waals surface area contributed by atoms with Gasteiger partial charge in [-0.1, -0.05) is 32.9 Å². The first-order chi connectivity index (χ1) is 7.71. The van der Waals surface area contributed by atoms with Crippen molar-refractivity contribution in [1.82, 2.24) is 0 Å². The normalized spacial score (nSPS) is 11.4. The topological polar surface area (TPSA) is 34.1 Å². The number of Topliss-reactive ketones (excluding diaryl/α,β-unsaturated/α-hetero) is 2. The molecular formula is C15H20O2. The van der Waals surface area contributed by atoms with E-state index in [0.29, 0.717) is 5.56 Å². The summed E-state index contributed by atoms with van der Waals surface area (Å²) in [5.41, 5.74) is 2.74. The maximum absolute atomic E-state index is 11.9. The summed E-state index contributed by atoms with van der Waals surface area (Å²) in [5.74, 6) is -0.170. The van der Waals surface area contributed by atoms with Gasteiger partial charge in [-0.25, -0.2) is 0 Å². The first kappa shape index (κ1) is 13.6. The highest BCUT2D eigenvalue weighted by Gasteiger charge is 2.17. The molecule has 0 spiro atoms. The molecule has 1 aromatic carbocycles. The highest BCUT2D eigenvalue weighted by atomic mass is 16.1. The molecule has 0 radical (unpaired) electrons. The second-order valence-electron chi connectivity index (χ2n) is 5.58. The predicted octanol–water partition coefficient (Wildman–Crippen LogP) is 3.45. The number of carbonyl (C=O) groups excluding carboxylic acids is 2. The first-order valence-electron chi connectivity index (χ1n) is 5.85. The van der Waals surface area contributed by atoms with Gasteiger partial charge in [-0.15, -0.1) is 0 Å². The average molecular weight is 232 g/mol. The van der Waals surface area contributed by atoms with E-state index in [2.05, 4.69) is 20.8 Å².